The van der Waals surface area contributed by atoms with Gasteiger partial charge in [-0.1, -0.05) is 34.6 Å². The van der Waals surface area contributed by atoms with Gasteiger partial charge in [-0.3, -0.25) is 0 Å². The minimum absolute atomic E-state index is 0.162. The van der Waals surface area contributed by atoms with Crippen LogP contribution in [0.2, 0.25) is 0 Å². The zero-order valence-corrected chi connectivity index (χ0v) is 51.1. The maximum Gasteiger partial charge on any atom is 0.364 e. The number of hydrogen-bond donors (Lipinski definition) is 22. The lowest BCUT2D eigenvalue weighted by Gasteiger charge is -2.48. The van der Waals surface area contributed by atoms with Crippen LogP contribution in [0.15, 0.2) is 0 Å². The fourth-order valence-electron chi connectivity index (χ4n) is 11.8. The Hall–Kier alpha value is -3.73. The smallest absolute Gasteiger partial charge is 0.364 e. The molecule has 37 nitrogen and oxygen atoms in total. The molecular weight excluding hydrogens is 1250 g/mol. The standard InChI is InChI=1S/C55H93NO36/c1-21-27(59)12-52(47(75)76,89-41(21)36(68)31(63)16-57)84-18-33(65)38(70)43-23(3)29(61)14-54(91-43,49(79)80)86-20-35(67)40(72)45-25(5)30(62)15-55(92-45,50(81)82)87-19-34(66)39(71)44-24(4)28(60)13-53(90-44,48(77)78)85-17-32(64)37(69)42-22(2)26(58)11-51(88-42,46(73)74)83-10-8-6-7-9-56/h21-45,57-72H,6-20,56H2,1-5H3,(H,73,74)(H,75,76)(H,77,78)(H,79,80)(H,81,82)/t21-,22-,23-,24-,25-,26?,27?,28?,29?,30?,31-,32-,33-,34-,35-,36-,37-,38-,39-,40-,41-,42-,43-,44-,45-,51?,52?,53?,54?,55?/m1/s1. The first-order valence-electron chi connectivity index (χ1n) is 30.1. The minimum atomic E-state index is -3.08. The number of rotatable bonds is 34. The van der Waals surface area contributed by atoms with Gasteiger partial charge in [0.1, 0.15) is 61.0 Å². The zero-order valence-electron chi connectivity index (χ0n) is 51.1. The lowest BCUT2D eigenvalue weighted by molar-refractivity contribution is -0.340. The molecule has 5 aliphatic heterocycles. The predicted molar refractivity (Wildman–Crippen MR) is 295 cm³/mol. The van der Waals surface area contributed by atoms with Crippen molar-refractivity contribution in [1.82, 2.24) is 0 Å². The lowest BCUT2D eigenvalue weighted by Crippen LogP contribution is -2.64. The van der Waals surface area contributed by atoms with Crippen LogP contribution < -0.4 is 5.73 Å². The normalized spacial score (nSPS) is 40.4. The summed E-state index contributed by atoms with van der Waals surface area (Å²) in [5.74, 6) is -30.1. The number of hydrogen-bond acceptors (Lipinski definition) is 32. The van der Waals surface area contributed by atoms with Crippen molar-refractivity contribution in [2.45, 2.75) is 237 Å². The highest BCUT2D eigenvalue weighted by atomic mass is 16.8. The van der Waals surface area contributed by atoms with E-state index in [4.69, 9.17) is 53.1 Å². The van der Waals surface area contributed by atoms with Crippen LogP contribution in [0.3, 0.4) is 0 Å². The van der Waals surface area contributed by atoms with Gasteiger partial charge < -0.3 is 160 Å². The van der Waals surface area contributed by atoms with Gasteiger partial charge in [0, 0.05) is 61.7 Å². The summed E-state index contributed by atoms with van der Waals surface area (Å²) in [6, 6.07) is 0. The predicted octanol–water partition coefficient (Wildman–Crippen LogP) is -8.37. The van der Waals surface area contributed by atoms with Crippen molar-refractivity contribution >= 4 is 29.8 Å². The van der Waals surface area contributed by atoms with Gasteiger partial charge in [0.05, 0.1) is 101 Å². The summed E-state index contributed by atoms with van der Waals surface area (Å²) in [5.41, 5.74) is 5.51. The van der Waals surface area contributed by atoms with E-state index in [-0.39, 0.29) is 6.61 Å². The molecule has 0 bridgehead atoms. The Kier molecular flexibility index (Phi) is 27.9. The summed E-state index contributed by atoms with van der Waals surface area (Å²) in [4.78, 5) is 63.9. The molecule has 0 aromatic heterocycles. The zero-order chi connectivity index (χ0) is 69.5. The third-order valence-electron chi connectivity index (χ3n) is 18.3. The van der Waals surface area contributed by atoms with Crippen LogP contribution in [-0.4, -0.2) is 334 Å². The van der Waals surface area contributed by atoms with E-state index in [0.29, 0.717) is 25.8 Å². The number of nitrogens with two attached hydrogens (primary N) is 1. The molecule has 10 unspecified atom stereocenters. The average molecular weight is 1340 g/mol. The average Bonchev–Trinajstić information content (AvgIpc) is 0.806. The number of aliphatic hydroxyl groups excluding tert-OH is 16. The van der Waals surface area contributed by atoms with Gasteiger partial charge in [-0.15, -0.1) is 0 Å². The van der Waals surface area contributed by atoms with E-state index < -0.39 is 276 Å². The SMILES string of the molecule is C[C@@H]1C(O)CC(OC[C@@H](O)[C@@H](O)[C@@H]2OC(OC[C@@H](O)[C@@H](O)[C@@H]3OC(OC[C@@H](O)[C@@H](O)[C@@H]4OC(OC[C@@H](O)[C@@H](O)[C@@H]5OC(OCCCCCN)(C(=O)O)CC(O)[C@H]5C)(C(=O)O)CC(O)[C@H]4C)(C(=O)O)CC(O)[C@H]3C)(C(=O)O)CC(O)[C@H]2C)(C(=O)O)O[C@H]1[C@H](O)[C@H](O)CO. The van der Waals surface area contributed by atoms with E-state index in [1.165, 1.54) is 34.6 Å². The molecule has 0 spiro atoms. The fraction of sp³-hybridized carbons (Fsp3) is 0.909. The fourth-order valence-corrected chi connectivity index (χ4v) is 11.8. The maximum atomic E-state index is 13.0. The van der Waals surface area contributed by atoms with Crippen molar-refractivity contribution in [1.29, 1.82) is 0 Å². The van der Waals surface area contributed by atoms with Gasteiger partial charge >= 0.3 is 29.8 Å². The number of aliphatic hydroxyl groups is 16. The van der Waals surface area contributed by atoms with Crippen LogP contribution in [0.1, 0.15) is 86.0 Å². The van der Waals surface area contributed by atoms with Gasteiger partial charge in [0.25, 0.3) is 28.9 Å². The quantitative estimate of drug-likeness (QED) is 0.0266. The molecule has 0 radical (unpaired) electrons. The Bertz CT molecular complexity index is 2420. The first-order valence-corrected chi connectivity index (χ1v) is 30.1. The van der Waals surface area contributed by atoms with E-state index >= 15 is 0 Å². The molecule has 5 saturated heterocycles. The molecule has 0 amide bonds. The van der Waals surface area contributed by atoms with E-state index in [2.05, 4.69) is 0 Å². The molecule has 5 rings (SSSR count). The van der Waals surface area contributed by atoms with Crippen LogP contribution in [0, 0.1) is 29.6 Å². The van der Waals surface area contributed by atoms with Crippen molar-refractivity contribution < 1.29 is 179 Å². The molecule has 0 aromatic rings. The van der Waals surface area contributed by atoms with Crippen molar-refractivity contribution in [3.8, 4) is 0 Å². The third-order valence-corrected chi connectivity index (χ3v) is 18.3. The molecule has 92 heavy (non-hydrogen) atoms. The number of ether oxygens (including phenoxy) is 10. The topological polar surface area (TPSA) is 629 Å². The van der Waals surface area contributed by atoms with Crippen LogP contribution in [0.25, 0.3) is 0 Å². The van der Waals surface area contributed by atoms with Crippen LogP contribution >= 0.6 is 0 Å². The van der Waals surface area contributed by atoms with Gasteiger partial charge in [-0.25, -0.2) is 24.0 Å². The summed E-state index contributed by atoms with van der Waals surface area (Å²) < 4.78 is 55.7. The minimum Gasteiger partial charge on any atom is -0.477 e. The largest absolute Gasteiger partial charge is 0.477 e. The summed E-state index contributed by atoms with van der Waals surface area (Å²) in [7, 11) is 0. The second-order valence-electron chi connectivity index (χ2n) is 24.8. The molecule has 0 aliphatic carbocycles. The Morgan fingerprint density at radius 3 is 0.772 bits per heavy atom. The molecule has 534 valence electrons. The molecule has 30 atom stereocenters. The van der Waals surface area contributed by atoms with Crippen molar-refractivity contribution in [2.75, 3.05) is 46.2 Å². The van der Waals surface area contributed by atoms with E-state index in [1.807, 2.05) is 0 Å². The number of carboxylic acid groups (broad SMARTS) is 5. The maximum absolute atomic E-state index is 13.0. The highest BCUT2D eigenvalue weighted by Crippen LogP contribution is 2.43. The van der Waals surface area contributed by atoms with Crippen LogP contribution in [0.4, 0.5) is 0 Å². The molecule has 5 fully saturated rings. The van der Waals surface area contributed by atoms with E-state index in [0.717, 1.165) is 0 Å². The van der Waals surface area contributed by atoms with E-state index in [9.17, 15) is 131 Å². The summed E-state index contributed by atoms with van der Waals surface area (Å²) >= 11 is 0. The van der Waals surface area contributed by atoms with Crippen LogP contribution in [-0.2, 0) is 71.3 Å². The van der Waals surface area contributed by atoms with Crippen molar-refractivity contribution in [3.05, 3.63) is 0 Å². The van der Waals surface area contributed by atoms with Gasteiger partial charge in [-0.05, 0) is 25.8 Å². The molecule has 5 heterocycles. The Morgan fingerprint density at radius 1 is 0.370 bits per heavy atom. The van der Waals surface area contributed by atoms with Gasteiger partial charge in [0.2, 0.25) is 0 Å². The van der Waals surface area contributed by atoms with Gasteiger partial charge in [-0.2, -0.15) is 0 Å². The summed E-state index contributed by atoms with van der Waals surface area (Å²) in [6.07, 6.45) is -42.5. The highest BCUT2D eigenvalue weighted by molar-refractivity contribution is 5.78. The number of unbranched alkanes of at least 4 members (excludes halogenated alkanes) is 2. The Labute approximate surface area is 525 Å². The molecule has 5 aliphatic rings. The molecule has 0 aromatic carbocycles. The number of carboxylic acids is 5. The molecular formula is C55H93NO36. The Morgan fingerprint density at radius 2 is 0.576 bits per heavy atom. The van der Waals surface area contributed by atoms with Crippen LogP contribution in [0.5, 0.6) is 0 Å². The molecule has 37 heteroatoms. The first-order chi connectivity index (χ1) is 42.8. The van der Waals surface area contributed by atoms with Gasteiger partial charge in [0.15, 0.2) is 0 Å². The third kappa shape index (κ3) is 17.3. The number of carbonyl (C=O) groups is 5. The summed E-state index contributed by atoms with van der Waals surface area (Å²) in [5, 5.41) is 227. The second-order valence-corrected chi connectivity index (χ2v) is 24.8. The molecule has 0 saturated carbocycles. The van der Waals surface area contributed by atoms with E-state index in [1.54, 1.807) is 0 Å². The highest BCUT2D eigenvalue weighted by Gasteiger charge is 2.61. The number of aliphatic carboxylic acids is 5. The lowest BCUT2D eigenvalue weighted by atomic mass is 9.84. The first kappa shape index (κ1) is 79.0. The monoisotopic (exact) mass is 1340 g/mol. The Balaban J connectivity index is 1.25. The van der Waals surface area contributed by atoms with Crippen molar-refractivity contribution in [3.63, 3.8) is 0 Å². The summed E-state index contributed by atoms with van der Waals surface area (Å²) in [6.45, 7) is 0.649. The molecule has 23 N–H and O–H groups in total. The van der Waals surface area contributed by atoms with Crippen molar-refractivity contribution in [2.24, 2.45) is 35.3 Å². The second kappa shape index (κ2) is 32.5.